The van der Waals surface area contributed by atoms with Gasteiger partial charge >= 0.3 is 0 Å². The number of piperidine rings is 1. The Kier molecular flexibility index (Phi) is 4.11. The van der Waals surface area contributed by atoms with Crippen LogP contribution >= 0.6 is 0 Å². The van der Waals surface area contributed by atoms with Crippen LogP contribution in [0.1, 0.15) is 26.2 Å². The summed E-state index contributed by atoms with van der Waals surface area (Å²) in [5.74, 6) is 0. The molecule has 1 N–H and O–H groups in total. The summed E-state index contributed by atoms with van der Waals surface area (Å²) in [7, 11) is 0. The van der Waals surface area contributed by atoms with Gasteiger partial charge in [-0.1, -0.05) is 6.92 Å². The topological polar surface area (TPSA) is 41.0 Å². The van der Waals surface area contributed by atoms with Crippen LogP contribution in [0.15, 0.2) is 30.6 Å². The van der Waals surface area contributed by atoms with Gasteiger partial charge in [0.1, 0.15) is 0 Å². The number of hydrogen-bond acceptors (Lipinski definition) is 4. The summed E-state index contributed by atoms with van der Waals surface area (Å²) < 4.78 is 0. The molecule has 1 aliphatic heterocycles. The van der Waals surface area contributed by atoms with Crippen molar-refractivity contribution in [1.82, 2.24) is 14.9 Å². The van der Waals surface area contributed by atoms with Crippen LogP contribution < -0.4 is 5.32 Å². The van der Waals surface area contributed by atoms with Gasteiger partial charge in [0.25, 0.3) is 0 Å². The number of nitrogens with zero attached hydrogens (tertiary/aromatic N) is 3. The van der Waals surface area contributed by atoms with E-state index in [9.17, 15) is 0 Å². The molecule has 4 heteroatoms. The minimum atomic E-state index is 0.581. The van der Waals surface area contributed by atoms with Crippen molar-refractivity contribution in [1.29, 1.82) is 0 Å². The third-order valence-corrected chi connectivity index (χ3v) is 3.97. The van der Waals surface area contributed by atoms with Crippen molar-refractivity contribution in [3.05, 3.63) is 30.6 Å². The van der Waals surface area contributed by atoms with Crippen LogP contribution in [0.3, 0.4) is 0 Å². The molecule has 3 rings (SSSR count). The van der Waals surface area contributed by atoms with Crippen molar-refractivity contribution in [3.8, 4) is 0 Å². The van der Waals surface area contributed by atoms with Crippen molar-refractivity contribution in [2.75, 3.05) is 25.0 Å². The van der Waals surface area contributed by atoms with E-state index in [0.717, 1.165) is 16.7 Å². The van der Waals surface area contributed by atoms with Crippen LogP contribution in [0.5, 0.6) is 0 Å². The summed E-state index contributed by atoms with van der Waals surface area (Å²) in [4.78, 5) is 11.2. The van der Waals surface area contributed by atoms with E-state index in [2.05, 4.69) is 39.2 Å². The highest BCUT2D eigenvalue weighted by Gasteiger charge is 2.18. The molecule has 0 unspecified atom stereocenters. The van der Waals surface area contributed by atoms with Crippen LogP contribution in [0.2, 0.25) is 0 Å². The Morgan fingerprint density at radius 1 is 1.15 bits per heavy atom. The normalized spacial score (nSPS) is 17.4. The number of rotatable bonds is 4. The third-order valence-electron chi connectivity index (χ3n) is 3.97. The van der Waals surface area contributed by atoms with Crippen molar-refractivity contribution in [3.63, 3.8) is 0 Å². The molecule has 0 saturated carbocycles. The Hall–Kier alpha value is -1.68. The lowest BCUT2D eigenvalue weighted by Gasteiger charge is -2.32. The highest BCUT2D eigenvalue weighted by Crippen LogP contribution is 2.19. The van der Waals surface area contributed by atoms with Gasteiger partial charge in [-0.3, -0.25) is 9.97 Å². The number of benzene rings is 1. The first-order valence-corrected chi connectivity index (χ1v) is 7.55. The molecule has 0 bridgehead atoms. The molecule has 1 saturated heterocycles. The van der Waals surface area contributed by atoms with Gasteiger partial charge in [0, 0.05) is 37.2 Å². The first kappa shape index (κ1) is 13.3. The molecule has 0 amide bonds. The van der Waals surface area contributed by atoms with E-state index in [0.29, 0.717) is 6.04 Å². The highest BCUT2D eigenvalue weighted by atomic mass is 15.1. The molecule has 20 heavy (non-hydrogen) atoms. The maximum absolute atomic E-state index is 4.36. The Balaban J connectivity index is 1.62. The molecule has 2 aromatic rings. The number of likely N-dealkylation sites (tertiary alicyclic amines) is 1. The second kappa shape index (κ2) is 6.18. The van der Waals surface area contributed by atoms with Crippen LogP contribution in [0, 0.1) is 0 Å². The zero-order valence-electron chi connectivity index (χ0n) is 12.0. The molecule has 106 valence electrons. The predicted octanol–water partition coefficient (Wildman–Crippen LogP) is 2.92. The molecule has 4 nitrogen and oxygen atoms in total. The fourth-order valence-electron chi connectivity index (χ4n) is 2.91. The van der Waals surface area contributed by atoms with Gasteiger partial charge in [-0.15, -0.1) is 0 Å². The molecule has 0 spiro atoms. The van der Waals surface area contributed by atoms with E-state index < -0.39 is 0 Å². The average Bonchev–Trinajstić information content (AvgIpc) is 2.49. The van der Waals surface area contributed by atoms with E-state index in [4.69, 9.17) is 0 Å². The van der Waals surface area contributed by atoms with Crippen LogP contribution in [-0.4, -0.2) is 40.5 Å². The molecule has 1 aromatic heterocycles. The van der Waals surface area contributed by atoms with Crippen LogP contribution in [0.4, 0.5) is 5.69 Å². The van der Waals surface area contributed by atoms with Crippen LogP contribution in [0.25, 0.3) is 11.0 Å². The van der Waals surface area contributed by atoms with Crippen LogP contribution in [-0.2, 0) is 0 Å². The molecule has 1 fully saturated rings. The van der Waals surface area contributed by atoms with E-state index in [1.54, 1.807) is 12.4 Å². The minimum Gasteiger partial charge on any atom is -0.382 e. The van der Waals surface area contributed by atoms with Gasteiger partial charge in [0.2, 0.25) is 0 Å². The van der Waals surface area contributed by atoms with Crippen molar-refractivity contribution < 1.29 is 0 Å². The SMILES string of the molecule is CCCN1CCC(Nc2ccc3nccnc3c2)CC1. The number of anilines is 1. The molecular formula is C16H22N4. The Morgan fingerprint density at radius 2 is 1.90 bits per heavy atom. The summed E-state index contributed by atoms with van der Waals surface area (Å²) in [5, 5.41) is 3.64. The fourth-order valence-corrected chi connectivity index (χ4v) is 2.91. The Labute approximate surface area is 120 Å². The second-order valence-corrected chi connectivity index (χ2v) is 5.52. The second-order valence-electron chi connectivity index (χ2n) is 5.52. The average molecular weight is 270 g/mol. The van der Waals surface area contributed by atoms with Gasteiger partial charge in [-0.25, -0.2) is 0 Å². The van der Waals surface area contributed by atoms with E-state index in [1.807, 2.05) is 6.07 Å². The van der Waals surface area contributed by atoms with Gasteiger partial charge in [-0.05, 0) is 44.0 Å². The summed E-state index contributed by atoms with van der Waals surface area (Å²) in [6.07, 6.45) is 7.17. The summed E-state index contributed by atoms with van der Waals surface area (Å²) >= 11 is 0. The molecule has 0 radical (unpaired) electrons. The summed E-state index contributed by atoms with van der Waals surface area (Å²) in [6.45, 7) is 5.90. The first-order chi connectivity index (χ1) is 9.85. The lowest BCUT2D eigenvalue weighted by molar-refractivity contribution is 0.219. The van der Waals surface area contributed by atoms with Gasteiger partial charge in [-0.2, -0.15) is 0 Å². The molecule has 0 aliphatic carbocycles. The predicted molar refractivity (Wildman–Crippen MR) is 82.9 cm³/mol. The quantitative estimate of drug-likeness (QED) is 0.927. The zero-order chi connectivity index (χ0) is 13.8. The zero-order valence-corrected chi connectivity index (χ0v) is 12.0. The summed E-state index contributed by atoms with van der Waals surface area (Å²) in [6, 6.07) is 6.82. The smallest absolute Gasteiger partial charge is 0.0907 e. The maximum atomic E-state index is 4.36. The number of fused-ring (bicyclic) bond motifs is 1. The minimum absolute atomic E-state index is 0.581. The first-order valence-electron chi connectivity index (χ1n) is 7.55. The van der Waals surface area contributed by atoms with Crippen molar-refractivity contribution in [2.24, 2.45) is 0 Å². The number of aromatic nitrogens is 2. The fraction of sp³-hybridized carbons (Fsp3) is 0.500. The van der Waals surface area contributed by atoms with E-state index in [-0.39, 0.29) is 0 Å². The monoisotopic (exact) mass is 270 g/mol. The molecule has 1 aliphatic rings. The molecule has 0 atom stereocenters. The number of nitrogens with one attached hydrogen (secondary N) is 1. The van der Waals surface area contributed by atoms with E-state index in [1.165, 1.54) is 38.9 Å². The van der Waals surface area contributed by atoms with Crippen molar-refractivity contribution in [2.45, 2.75) is 32.2 Å². The standard InChI is InChI=1S/C16H22N4/c1-2-9-20-10-5-13(6-11-20)19-14-3-4-15-16(12-14)18-8-7-17-15/h3-4,7-8,12-13,19H,2,5-6,9-11H2,1H3. The summed E-state index contributed by atoms with van der Waals surface area (Å²) in [5.41, 5.74) is 3.07. The maximum Gasteiger partial charge on any atom is 0.0907 e. The largest absolute Gasteiger partial charge is 0.382 e. The third kappa shape index (κ3) is 3.07. The lowest BCUT2D eigenvalue weighted by atomic mass is 10.0. The van der Waals surface area contributed by atoms with E-state index >= 15 is 0 Å². The Morgan fingerprint density at radius 3 is 2.65 bits per heavy atom. The lowest BCUT2D eigenvalue weighted by Crippen LogP contribution is -2.39. The van der Waals surface area contributed by atoms with Gasteiger partial charge in [0.15, 0.2) is 0 Å². The molecular weight excluding hydrogens is 248 g/mol. The van der Waals surface area contributed by atoms with Crippen molar-refractivity contribution >= 4 is 16.7 Å². The highest BCUT2D eigenvalue weighted by molar-refractivity contribution is 5.78. The van der Waals surface area contributed by atoms with Gasteiger partial charge < -0.3 is 10.2 Å². The van der Waals surface area contributed by atoms with Gasteiger partial charge in [0.05, 0.1) is 11.0 Å². The Bertz CT molecular complexity index is 561. The number of hydrogen-bond donors (Lipinski definition) is 1. The molecule has 1 aromatic carbocycles. The molecule has 2 heterocycles.